The van der Waals surface area contributed by atoms with Gasteiger partial charge in [-0.25, -0.2) is 0 Å². The molecule has 3 heterocycles. The number of likely N-dealkylation sites (N-methyl/N-ethyl adjacent to an activating group) is 1. The topological polar surface area (TPSA) is 80.0 Å². The maximum absolute atomic E-state index is 12.4. The van der Waals surface area contributed by atoms with Crippen LogP contribution in [0.1, 0.15) is 5.69 Å². The van der Waals surface area contributed by atoms with E-state index in [4.69, 9.17) is 0 Å². The third-order valence-corrected chi connectivity index (χ3v) is 4.91. The number of aromatic nitrogens is 5. The van der Waals surface area contributed by atoms with Crippen molar-refractivity contribution in [2.75, 3.05) is 39.8 Å². The van der Waals surface area contributed by atoms with Gasteiger partial charge in [-0.3, -0.25) is 14.4 Å². The van der Waals surface area contributed by atoms with Gasteiger partial charge in [-0.2, -0.15) is 10.2 Å². The first-order chi connectivity index (χ1) is 13.1. The summed E-state index contributed by atoms with van der Waals surface area (Å²) >= 11 is 0. The summed E-state index contributed by atoms with van der Waals surface area (Å²) in [5, 5.41) is 17.6. The molecule has 0 saturated carbocycles. The number of aryl methyl sites for hydroxylation is 1. The predicted octanol–water partition coefficient (Wildman–Crippen LogP) is 0.784. The molecule has 1 aliphatic rings. The average Bonchev–Trinajstić information content (AvgIpc) is 3.09. The molecule has 0 unspecified atom stereocenters. The van der Waals surface area contributed by atoms with Crippen LogP contribution in [0.3, 0.4) is 0 Å². The number of hydrogen-bond acceptors (Lipinski definition) is 7. The molecule has 27 heavy (non-hydrogen) atoms. The minimum absolute atomic E-state index is 0.179. The number of carbonyl (C=O) groups is 1. The number of ketones is 1. The monoisotopic (exact) mass is 365 g/mol. The van der Waals surface area contributed by atoms with Crippen molar-refractivity contribution >= 4 is 16.7 Å². The zero-order valence-corrected chi connectivity index (χ0v) is 15.7. The van der Waals surface area contributed by atoms with Gasteiger partial charge < -0.3 is 4.90 Å². The van der Waals surface area contributed by atoms with Crippen molar-refractivity contribution in [2.24, 2.45) is 7.05 Å². The average molecular weight is 365 g/mol. The Hall–Kier alpha value is -2.71. The molecular weight excluding hydrogens is 342 g/mol. The molecule has 140 valence electrons. The first kappa shape index (κ1) is 17.7. The van der Waals surface area contributed by atoms with Crippen LogP contribution in [-0.4, -0.2) is 80.5 Å². The summed E-state index contributed by atoms with van der Waals surface area (Å²) in [7, 11) is 3.95. The molecule has 0 N–H and O–H groups in total. The molecule has 1 fully saturated rings. The molecule has 3 aromatic rings. The first-order valence-corrected chi connectivity index (χ1v) is 9.12. The second kappa shape index (κ2) is 7.50. The zero-order valence-electron chi connectivity index (χ0n) is 15.7. The van der Waals surface area contributed by atoms with Gasteiger partial charge in [-0.15, -0.1) is 5.10 Å². The van der Waals surface area contributed by atoms with Gasteiger partial charge in [0, 0.05) is 44.2 Å². The lowest BCUT2D eigenvalue weighted by molar-refractivity contribution is -0.120. The Morgan fingerprint density at radius 3 is 2.59 bits per heavy atom. The van der Waals surface area contributed by atoms with Crippen LogP contribution in [-0.2, 0) is 18.3 Å². The fourth-order valence-corrected chi connectivity index (χ4v) is 3.33. The molecule has 0 spiro atoms. The van der Waals surface area contributed by atoms with Crippen LogP contribution in [0.4, 0.5) is 0 Å². The zero-order chi connectivity index (χ0) is 18.8. The summed E-state index contributed by atoms with van der Waals surface area (Å²) in [6.45, 7) is 4.37. The highest BCUT2D eigenvalue weighted by atomic mass is 16.1. The minimum atomic E-state index is 0.179. The Bertz CT molecular complexity index is 960. The molecule has 8 nitrogen and oxygen atoms in total. The van der Waals surface area contributed by atoms with E-state index in [1.54, 1.807) is 4.68 Å². The molecular formula is C19H23N7O. The van der Waals surface area contributed by atoms with Gasteiger partial charge in [0.2, 0.25) is 0 Å². The highest BCUT2D eigenvalue weighted by Crippen LogP contribution is 2.21. The van der Waals surface area contributed by atoms with Gasteiger partial charge in [0.25, 0.3) is 0 Å². The van der Waals surface area contributed by atoms with E-state index in [0.29, 0.717) is 18.7 Å². The van der Waals surface area contributed by atoms with E-state index in [-0.39, 0.29) is 5.78 Å². The van der Waals surface area contributed by atoms with Crippen LogP contribution >= 0.6 is 0 Å². The number of hydrogen-bond donors (Lipinski definition) is 0. The molecule has 0 atom stereocenters. The van der Waals surface area contributed by atoms with Gasteiger partial charge in [0.1, 0.15) is 5.69 Å². The number of piperazine rings is 1. The molecule has 8 heteroatoms. The van der Waals surface area contributed by atoms with Crippen molar-refractivity contribution in [1.82, 2.24) is 35.0 Å². The Balaban J connectivity index is 1.48. The largest absolute Gasteiger partial charge is 0.304 e. The van der Waals surface area contributed by atoms with Gasteiger partial charge in [-0.05, 0) is 25.2 Å². The maximum Gasteiger partial charge on any atom is 0.152 e. The van der Waals surface area contributed by atoms with Crippen LogP contribution < -0.4 is 0 Å². The van der Waals surface area contributed by atoms with E-state index in [0.717, 1.165) is 48.3 Å². The standard InChI is InChI=1S/C19H23N7O/c1-24-5-7-26(8-6-24)12-17(27)11-16-10-15-9-14(3-4-18(15)21-20-16)19-13-25(2)23-22-19/h3-4,9-10,13H,5-8,11-12H2,1-2H3. The Morgan fingerprint density at radius 1 is 1.04 bits per heavy atom. The minimum Gasteiger partial charge on any atom is -0.304 e. The lowest BCUT2D eigenvalue weighted by atomic mass is 10.1. The van der Waals surface area contributed by atoms with E-state index < -0.39 is 0 Å². The summed E-state index contributed by atoms with van der Waals surface area (Å²) in [5.74, 6) is 0.179. The van der Waals surface area contributed by atoms with Crippen LogP contribution in [0, 0.1) is 0 Å². The molecule has 1 saturated heterocycles. The Kier molecular flexibility index (Phi) is 4.91. The van der Waals surface area contributed by atoms with Crippen molar-refractivity contribution in [1.29, 1.82) is 0 Å². The smallest absolute Gasteiger partial charge is 0.152 e. The second-order valence-electron chi connectivity index (χ2n) is 7.18. The van der Waals surface area contributed by atoms with Gasteiger partial charge in [0.05, 0.1) is 30.4 Å². The summed E-state index contributed by atoms with van der Waals surface area (Å²) in [4.78, 5) is 16.9. The lowest BCUT2D eigenvalue weighted by Crippen LogP contribution is -2.46. The van der Waals surface area contributed by atoms with Crippen LogP contribution in [0.25, 0.3) is 22.2 Å². The van der Waals surface area contributed by atoms with E-state index in [1.807, 2.05) is 37.5 Å². The van der Waals surface area contributed by atoms with Crippen LogP contribution in [0.15, 0.2) is 30.5 Å². The predicted molar refractivity (Wildman–Crippen MR) is 102 cm³/mol. The molecule has 1 aromatic carbocycles. The highest BCUT2D eigenvalue weighted by molar-refractivity contribution is 5.86. The quantitative estimate of drug-likeness (QED) is 0.661. The van der Waals surface area contributed by atoms with Crippen molar-refractivity contribution in [3.05, 3.63) is 36.2 Å². The van der Waals surface area contributed by atoms with Crippen LogP contribution in [0.5, 0.6) is 0 Å². The summed E-state index contributed by atoms with van der Waals surface area (Å²) < 4.78 is 1.67. The highest BCUT2D eigenvalue weighted by Gasteiger charge is 2.17. The number of carbonyl (C=O) groups excluding carboxylic acids is 1. The van der Waals surface area contributed by atoms with Crippen molar-refractivity contribution < 1.29 is 4.79 Å². The number of Topliss-reactive ketones (excluding diaryl/α,β-unsaturated/α-hetero) is 1. The van der Waals surface area contributed by atoms with E-state index >= 15 is 0 Å². The van der Waals surface area contributed by atoms with E-state index in [9.17, 15) is 4.79 Å². The lowest BCUT2D eigenvalue weighted by Gasteiger charge is -2.31. The van der Waals surface area contributed by atoms with Crippen molar-refractivity contribution in [3.63, 3.8) is 0 Å². The number of rotatable bonds is 5. The third-order valence-electron chi connectivity index (χ3n) is 4.91. The molecule has 0 bridgehead atoms. The van der Waals surface area contributed by atoms with E-state index in [1.165, 1.54) is 0 Å². The van der Waals surface area contributed by atoms with Crippen molar-refractivity contribution in [2.45, 2.75) is 6.42 Å². The third kappa shape index (κ3) is 4.17. The van der Waals surface area contributed by atoms with Gasteiger partial charge in [0.15, 0.2) is 5.78 Å². The SMILES string of the molecule is CN1CCN(CC(=O)Cc2cc3cc(-c4cn(C)nn4)ccc3nn2)CC1. The normalized spacial score (nSPS) is 16.1. The fraction of sp³-hybridized carbons (Fsp3) is 0.421. The molecule has 0 amide bonds. The second-order valence-corrected chi connectivity index (χ2v) is 7.18. The Labute approximate surface area is 157 Å². The maximum atomic E-state index is 12.4. The summed E-state index contributed by atoms with van der Waals surface area (Å²) in [6, 6.07) is 7.84. The molecule has 2 aromatic heterocycles. The van der Waals surface area contributed by atoms with Crippen LogP contribution in [0.2, 0.25) is 0 Å². The van der Waals surface area contributed by atoms with E-state index in [2.05, 4.69) is 37.4 Å². The van der Waals surface area contributed by atoms with Gasteiger partial charge in [-0.1, -0.05) is 11.3 Å². The van der Waals surface area contributed by atoms with Gasteiger partial charge >= 0.3 is 0 Å². The number of nitrogens with zero attached hydrogens (tertiary/aromatic N) is 7. The number of fused-ring (bicyclic) bond motifs is 1. The molecule has 4 rings (SSSR count). The fourth-order valence-electron chi connectivity index (χ4n) is 3.33. The molecule has 0 radical (unpaired) electrons. The first-order valence-electron chi connectivity index (χ1n) is 9.12. The number of benzene rings is 1. The molecule has 0 aliphatic carbocycles. The summed E-state index contributed by atoms with van der Waals surface area (Å²) in [5.41, 5.74) is 3.29. The Morgan fingerprint density at radius 2 is 1.85 bits per heavy atom. The van der Waals surface area contributed by atoms with Crippen molar-refractivity contribution in [3.8, 4) is 11.3 Å². The summed E-state index contributed by atoms with van der Waals surface area (Å²) in [6.07, 6.45) is 2.18. The molecule has 1 aliphatic heterocycles.